The van der Waals surface area contributed by atoms with E-state index >= 15 is 0 Å². The van der Waals surface area contributed by atoms with E-state index in [1.54, 1.807) is 6.07 Å². The van der Waals surface area contributed by atoms with E-state index in [2.05, 4.69) is 12.3 Å². The Kier molecular flexibility index (Phi) is 4.87. The van der Waals surface area contributed by atoms with Gasteiger partial charge in [-0.2, -0.15) is 0 Å². The average Bonchev–Trinajstić information content (AvgIpc) is 2.77. The molecule has 5 heteroatoms. The topological polar surface area (TPSA) is 47.3 Å². The molecular weight excluding hydrogens is 271 g/mol. The van der Waals surface area contributed by atoms with Gasteiger partial charge in [0, 0.05) is 28.6 Å². The number of hydrogen-bond acceptors (Lipinski definition) is 3. The monoisotopic (exact) mass is 288 g/mol. The van der Waals surface area contributed by atoms with Crippen LogP contribution in [0.2, 0.25) is 10.0 Å². The average molecular weight is 289 g/mol. The van der Waals surface area contributed by atoms with Gasteiger partial charge in [-0.25, -0.2) is 0 Å². The summed E-state index contributed by atoms with van der Waals surface area (Å²) in [5, 5.41) is 1.42. The predicted octanol–water partition coefficient (Wildman–Crippen LogP) is 2.79. The van der Waals surface area contributed by atoms with E-state index in [0.717, 1.165) is 30.0 Å². The molecule has 1 heterocycles. The summed E-state index contributed by atoms with van der Waals surface area (Å²) >= 11 is 12.2. The predicted molar refractivity (Wildman–Crippen MR) is 74.8 cm³/mol. The minimum Gasteiger partial charge on any atom is -0.378 e. The lowest BCUT2D eigenvalue weighted by Crippen LogP contribution is -2.44. The molecule has 0 spiro atoms. The first-order chi connectivity index (χ1) is 8.61. The van der Waals surface area contributed by atoms with Crippen LogP contribution in [-0.2, 0) is 11.2 Å². The van der Waals surface area contributed by atoms with Crippen molar-refractivity contribution >= 4 is 23.2 Å². The summed E-state index contributed by atoms with van der Waals surface area (Å²) in [6.07, 6.45) is 2.01. The molecule has 1 aliphatic heterocycles. The van der Waals surface area contributed by atoms with Crippen LogP contribution in [0.4, 0.5) is 0 Å². The zero-order valence-corrected chi connectivity index (χ0v) is 11.8. The lowest BCUT2D eigenvalue weighted by molar-refractivity contribution is 0.0954. The molecule has 0 aromatic heterocycles. The SMILES string of the molecule is CC1OCCC1C(Cc1cc(Cl)ccc1Cl)NN. The van der Waals surface area contributed by atoms with Gasteiger partial charge in [0.25, 0.3) is 0 Å². The summed E-state index contributed by atoms with van der Waals surface area (Å²) in [4.78, 5) is 0. The van der Waals surface area contributed by atoms with Gasteiger partial charge in [0.2, 0.25) is 0 Å². The lowest BCUT2D eigenvalue weighted by Gasteiger charge is -2.25. The van der Waals surface area contributed by atoms with Crippen molar-refractivity contribution in [1.29, 1.82) is 0 Å². The van der Waals surface area contributed by atoms with Crippen LogP contribution >= 0.6 is 23.2 Å². The van der Waals surface area contributed by atoms with E-state index in [1.807, 2.05) is 12.1 Å². The molecule has 100 valence electrons. The minimum absolute atomic E-state index is 0.151. The number of halogens is 2. The molecule has 0 amide bonds. The van der Waals surface area contributed by atoms with Crippen LogP contribution < -0.4 is 11.3 Å². The zero-order chi connectivity index (χ0) is 13.1. The Morgan fingerprint density at radius 1 is 1.50 bits per heavy atom. The van der Waals surface area contributed by atoms with Gasteiger partial charge >= 0.3 is 0 Å². The van der Waals surface area contributed by atoms with Crippen molar-refractivity contribution in [3.05, 3.63) is 33.8 Å². The summed E-state index contributed by atoms with van der Waals surface area (Å²) in [5.41, 5.74) is 3.91. The second kappa shape index (κ2) is 6.22. The van der Waals surface area contributed by atoms with E-state index in [1.165, 1.54) is 0 Å². The fourth-order valence-electron chi connectivity index (χ4n) is 2.55. The van der Waals surface area contributed by atoms with Crippen LogP contribution in [-0.4, -0.2) is 18.8 Å². The molecule has 3 unspecified atom stereocenters. The highest BCUT2D eigenvalue weighted by molar-refractivity contribution is 6.33. The molecule has 0 aliphatic carbocycles. The van der Waals surface area contributed by atoms with Gasteiger partial charge in [-0.3, -0.25) is 11.3 Å². The number of hydrogen-bond donors (Lipinski definition) is 2. The molecule has 1 aromatic rings. The van der Waals surface area contributed by atoms with E-state index in [0.29, 0.717) is 10.9 Å². The van der Waals surface area contributed by atoms with Crippen LogP contribution in [0.15, 0.2) is 18.2 Å². The molecule has 1 saturated heterocycles. The second-order valence-corrected chi connectivity index (χ2v) is 5.59. The molecule has 18 heavy (non-hydrogen) atoms. The Balaban J connectivity index is 2.12. The summed E-state index contributed by atoms with van der Waals surface area (Å²) in [6, 6.07) is 5.66. The quantitative estimate of drug-likeness (QED) is 0.662. The number of benzene rings is 1. The van der Waals surface area contributed by atoms with Gasteiger partial charge in [-0.05, 0) is 43.5 Å². The summed E-state index contributed by atoms with van der Waals surface area (Å²) in [5.74, 6) is 6.08. The largest absolute Gasteiger partial charge is 0.378 e. The van der Waals surface area contributed by atoms with Crippen LogP contribution in [0.1, 0.15) is 18.9 Å². The normalized spacial score (nSPS) is 25.3. The number of rotatable bonds is 4. The molecule has 1 aliphatic rings. The van der Waals surface area contributed by atoms with Crippen molar-refractivity contribution in [3.8, 4) is 0 Å². The molecule has 2 rings (SSSR count). The van der Waals surface area contributed by atoms with Crippen molar-refractivity contribution < 1.29 is 4.74 Å². The number of nitrogens with two attached hydrogens (primary N) is 1. The summed E-state index contributed by atoms with van der Waals surface area (Å²) in [7, 11) is 0. The van der Waals surface area contributed by atoms with E-state index in [4.69, 9.17) is 33.8 Å². The maximum absolute atomic E-state index is 6.18. The third-order valence-electron chi connectivity index (χ3n) is 3.61. The fraction of sp³-hybridized carbons (Fsp3) is 0.538. The van der Waals surface area contributed by atoms with Crippen LogP contribution in [0.3, 0.4) is 0 Å². The van der Waals surface area contributed by atoms with Gasteiger partial charge in [0.15, 0.2) is 0 Å². The molecule has 1 aromatic carbocycles. The second-order valence-electron chi connectivity index (χ2n) is 4.74. The van der Waals surface area contributed by atoms with E-state index < -0.39 is 0 Å². The third-order valence-corrected chi connectivity index (χ3v) is 4.22. The number of ether oxygens (including phenoxy) is 1. The van der Waals surface area contributed by atoms with Crippen molar-refractivity contribution in [2.75, 3.05) is 6.61 Å². The highest BCUT2D eigenvalue weighted by atomic mass is 35.5. The fourth-order valence-corrected chi connectivity index (χ4v) is 2.94. The Bertz CT molecular complexity index is 414. The Morgan fingerprint density at radius 3 is 2.89 bits per heavy atom. The molecule has 0 bridgehead atoms. The maximum Gasteiger partial charge on any atom is 0.0591 e. The lowest BCUT2D eigenvalue weighted by atomic mass is 9.89. The number of nitrogens with one attached hydrogen (secondary N) is 1. The van der Waals surface area contributed by atoms with Crippen LogP contribution in [0.25, 0.3) is 0 Å². The van der Waals surface area contributed by atoms with Gasteiger partial charge in [0.1, 0.15) is 0 Å². The van der Waals surface area contributed by atoms with Crippen molar-refractivity contribution in [1.82, 2.24) is 5.43 Å². The maximum atomic E-state index is 6.18. The van der Waals surface area contributed by atoms with Crippen LogP contribution in [0.5, 0.6) is 0 Å². The first-order valence-electron chi connectivity index (χ1n) is 6.13. The molecule has 0 saturated carbocycles. The summed E-state index contributed by atoms with van der Waals surface area (Å²) in [6.45, 7) is 2.88. The molecule has 3 atom stereocenters. The first-order valence-corrected chi connectivity index (χ1v) is 6.89. The van der Waals surface area contributed by atoms with Crippen molar-refractivity contribution in [3.63, 3.8) is 0 Å². The minimum atomic E-state index is 0.151. The van der Waals surface area contributed by atoms with Gasteiger partial charge in [-0.1, -0.05) is 23.2 Å². The van der Waals surface area contributed by atoms with Crippen LogP contribution in [0, 0.1) is 5.92 Å². The highest BCUT2D eigenvalue weighted by Crippen LogP contribution is 2.28. The van der Waals surface area contributed by atoms with Crippen molar-refractivity contribution in [2.45, 2.75) is 31.9 Å². The third kappa shape index (κ3) is 3.16. The molecule has 3 N–H and O–H groups in total. The molecule has 3 nitrogen and oxygen atoms in total. The van der Waals surface area contributed by atoms with Crippen molar-refractivity contribution in [2.24, 2.45) is 11.8 Å². The Labute approximate surface area is 118 Å². The Hall–Kier alpha value is -0.320. The standard InChI is InChI=1S/C13H18Cl2N2O/c1-8-11(4-5-18-8)13(17-16)7-9-6-10(14)2-3-12(9)15/h2-3,6,8,11,13,17H,4-5,7,16H2,1H3. The molecule has 1 fully saturated rings. The molecule has 0 radical (unpaired) electrons. The van der Waals surface area contributed by atoms with Gasteiger partial charge in [0.05, 0.1) is 6.10 Å². The summed E-state index contributed by atoms with van der Waals surface area (Å²) < 4.78 is 5.59. The smallest absolute Gasteiger partial charge is 0.0591 e. The van der Waals surface area contributed by atoms with Gasteiger partial charge in [-0.15, -0.1) is 0 Å². The number of hydrazine groups is 1. The molecular formula is C13H18Cl2N2O. The Morgan fingerprint density at radius 2 is 2.28 bits per heavy atom. The highest BCUT2D eigenvalue weighted by Gasteiger charge is 2.31. The zero-order valence-electron chi connectivity index (χ0n) is 10.3. The van der Waals surface area contributed by atoms with E-state index in [9.17, 15) is 0 Å². The van der Waals surface area contributed by atoms with E-state index in [-0.39, 0.29) is 12.1 Å². The first kappa shape index (κ1) is 14.1. The van der Waals surface area contributed by atoms with Gasteiger partial charge < -0.3 is 4.74 Å².